The van der Waals surface area contributed by atoms with E-state index in [1.807, 2.05) is 37.3 Å². The molecule has 0 aliphatic carbocycles. The van der Waals surface area contributed by atoms with Gasteiger partial charge in [0.2, 0.25) is 0 Å². The van der Waals surface area contributed by atoms with Gasteiger partial charge in [0.15, 0.2) is 11.5 Å². The van der Waals surface area contributed by atoms with E-state index in [0.29, 0.717) is 24.7 Å². The molecule has 2 rings (SSSR count). The molecule has 0 amide bonds. The molecule has 21 heavy (non-hydrogen) atoms. The predicted octanol–water partition coefficient (Wildman–Crippen LogP) is 3.78. The Morgan fingerprint density at radius 1 is 1.10 bits per heavy atom. The monoisotopic (exact) mass is 285 g/mol. The van der Waals surface area contributed by atoms with Crippen LogP contribution in [0.3, 0.4) is 0 Å². The lowest BCUT2D eigenvalue weighted by Crippen LogP contribution is -2.01. The standard InChI is InChI=1S/C17H19NO3/c1-3-20-17-10-14(11-18-19)8-9-16(17)21-12-15-7-5-4-6-13(15)2/h4-11,19H,3,12H2,1-2H3/b18-11-. The molecule has 4 nitrogen and oxygen atoms in total. The lowest BCUT2D eigenvalue weighted by molar-refractivity contribution is 0.269. The average molecular weight is 285 g/mol. The molecule has 0 radical (unpaired) electrons. The summed E-state index contributed by atoms with van der Waals surface area (Å²) in [7, 11) is 0. The van der Waals surface area contributed by atoms with Gasteiger partial charge in [0.05, 0.1) is 12.8 Å². The first kappa shape index (κ1) is 14.9. The minimum Gasteiger partial charge on any atom is -0.490 e. The first-order valence-electron chi connectivity index (χ1n) is 6.86. The molecule has 0 aliphatic heterocycles. The normalized spacial score (nSPS) is 10.8. The second-order valence-corrected chi connectivity index (χ2v) is 4.60. The van der Waals surface area contributed by atoms with Crippen LogP contribution in [0.1, 0.15) is 23.6 Å². The smallest absolute Gasteiger partial charge is 0.161 e. The first-order chi connectivity index (χ1) is 10.2. The van der Waals surface area contributed by atoms with E-state index in [-0.39, 0.29) is 0 Å². The fourth-order valence-electron chi connectivity index (χ4n) is 1.99. The van der Waals surface area contributed by atoms with E-state index in [1.165, 1.54) is 11.8 Å². The Bertz CT molecular complexity index is 623. The molecule has 1 N–H and O–H groups in total. The van der Waals surface area contributed by atoms with Gasteiger partial charge in [-0.2, -0.15) is 0 Å². The van der Waals surface area contributed by atoms with Crippen molar-refractivity contribution in [2.75, 3.05) is 6.61 Å². The number of ether oxygens (including phenoxy) is 2. The fraction of sp³-hybridized carbons (Fsp3) is 0.235. The maximum Gasteiger partial charge on any atom is 0.161 e. The van der Waals surface area contributed by atoms with Crippen molar-refractivity contribution in [3.8, 4) is 11.5 Å². The van der Waals surface area contributed by atoms with Crippen LogP contribution in [0.4, 0.5) is 0 Å². The molecule has 0 bridgehead atoms. The molecule has 4 heteroatoms. The number of rotatable bonds is 6. The van der Waals surface area contributed by atoms with Gasteiger partial charge in [0.25, 0.3) is 0 Å². The third kappa shape index (κ3) is 3.99. The molecule has 0 unspecified atom stereocenters. The minimum absolute atomic E-state index is 0.486. The van der Waals surface area contributed by atoms with Crippen molar-refractivity contribution in [2.45, 2.75) is 20.5 Å². The highest BCUT2D eigenvalue weighted by Gasteiger charge is 2.07. The molecule has 0 saturated heterocycles. The van der Waals surface area contributed by atoms with E-state index in [4.69, 9.17) is 14.7 Å². The van der Waals surface area contributed by atoms with Gasteiger partial charge in [-0.15, -0.1) is 0 Å². The van der Waals surface area contributed by atoms with E-state index < -0.39 is 0 Å². The summed E-state index contributed by atoms with van der Waals surface area (Å²) in [5, 5.41) is 11.6. The molecular formula is C17H19NO3. The highest BCUT2D eigenvalue weighted by molar-refractivity contribution is 5.80. The van der Waals surface area contributed by atoms with Crippen LogP contribution in [0.2, 0.25) is 0 Å². The Balaban J connectivity index is 2.17. The van der Waals surface area contributed by atoms with Crippen LogP contribution >= 0.6 is 0 Å². The van der Waals surface area contributed by atoms with Crippen molar-refractivity contribution >= 4 is 6.21 Å². The molecule has 0 aliphatic rings. The summed E-state index contributed by atoms with van der Waals surface area (Å²) in [4.78, 5) is 0. The Hall–Kier alpha value is -2.49. The molecule has 0 spiro atoms. The molecule has 0 aromatic heterocycles. The summed E-state index contributed by atoms with van der Waals surface area (Å²) in [6.45, 7) is 5.00. The molecule has 0 heterocycles. The van der Waals surface area contributed by atoms with E-state index in [0.717, 1.165) is 11.1 Å². The van der Waals surface area contributed by atoms with Gasteiger partial charge in [-0.05, 0) is 43.2 Å². The van der Waals surface area contributed by atoms with Crippen LogP contribution in [-0.4, -0.2) is 18.0 Å². The summed E-state index contributed by atoms with van der Waals surface area (Å²) >= 11 is 0. The number of aryl methyl sites for hydroxylation is 1. The van der Waals surface area contributed by atoms with Gasteiger partial charge in [0, 0.05) is 5.56 Å². The number of oxime groups is 1. The maximum atomic E-state index is 8.59. The zero-order valence-electron chi connectivity index (χ0n) is 12.2. The highest BCUT2D eigenvalue weighted by Crippen LogP contribution is 2.29. The SMILES string of the molecule is CCOc1cc(/C=N\O)ccc1OCc1ccccc1C. The lowest BCUT2D eigenvalue weighted by atomic mass is 10.1. The lowest BCUT2D eigenvalue weighted by Gasteiger charge is -2.13. The van der Waals surface area contributed by atoms with E-state index in [1.54, 1.807) is 6.07 Å². The van der Waals surface area contributed by atoms with Crippen LogP contribution in [0.25, 0.3) is 0 Å². The molecular weight excluding hydrogens is 266 g/mol. The van der Waals surface area contributed by atoms with Crippen molar-refractivity contribution in [2.24, 2.45) is 5.16 Å². The summed E-state index contributed by atoms with van der Waals surface area (Å²) < 4.78 is 11.4. The Morgan fingerprint density at radius 2 is 1.90 bits per heavy atom. The van der Waals surface area contributed by atoms with Crippen molar-refractivity contribution in [1.82, 2.24) is 0 Å². The zero-order valence-corrected chi connectivity index (χ0v) is 12.2. The van der Waals surface area contributed by atoms with Crippen LogP contribution in [-0.2, 0) is 6.61 Å². The first-order valence-corrected chi connectivity index (χ1v) is 6.86. The third-order valence-corrected chi connectivity index (χ3v) is 3.12. The van der Waals surface area contributed by atoms with Crippen LogP contribution in [0.5, 0.6) is 11.5 Å². The van der Waals surface area contributed by atoms with Crippen molar-refractivity contribution in [3.05, 3.63) is 59.2 Å². The number of benzene rings is 2. The summed E-state index contributed by atoms with van der Waals surface area (Å²) in [6, 6.07) is 13.5. The second-order valence-electron chi connectivity index (χ2n) is 4.60. The van der Waals surface area contributed by atoms with E-state index >= 15 is 0 Å². The van der Waals surface area contributed by atoms with Gasteiger partial charge >= 0.3 is 0 Å². The van der Waals surface area contributed by atoms with E-state index in [9.17, 15) is 0 Å². The summed E-state index contributed by atoms with van der Waals surface area (Å²) in [5.41, 5.74) is 3.09. The van der Waals surface area contributed by atoms with Gasteiger partial charge < -0.3 is 14.7 Å². The molecule has 0 fully saturated rings. The maximum absolute atomic E-state index is 8.59. The van der Waals surface area contributed by atoms with E-state index in [2.05, 4.69) is 18.1 Å². The topological polar surface area (TPSA) is 51.0 Å². The fourth-order valence-corrected chi connectivity index (χ4v) is 1.99. The van der Waals surface area contributed by atoms with Gasteiger partial charge in [-0.3, -0.25) is 0 Å². The third-order valence-electron chi connectivity index (χ3n) is 3.12. The van der Waals surface area contributed by atoms with Gasteiger partial charge in [-0.1, -0.05) is 29.4 Å². The van der Waals surface area contributed by atoms with Gasteiger partial charge in [-0.25, -0.2) is 0 Å². The zero-order chi connectivity index (χ0) is 15.1. The quantitative estimate of drug-likeness (QED) is 0.499. The number of hydrogen-bond donors (Lipinski definition) is 1. The van der Waals surface area contributed by atoms with Crippen molar-refractivity contribution < 1.29 is 14.7 Å². The predicted molar refractivity (Wildman–Crippen MR) is 82.5 cm³/mol. The molecule has 2 aromatic carbocycles. The van der Waals surface area contributed by atoms with Gasteiger partial charge in [0.1, 0.15) is 6.61 Å². The minimum atomic E-state index is 0.486. The Morgan fingerprint density at radius 3 is 2.62 bits per heavy atom. The van der Waals surface area contributed by atoms with Crippen LogP contribution < -0.4 is 9.47 Å². The average Bonchev–Trinajstić information content (AvgIpc) is 2.49. The summed E-state index contributed by atoms with van der Waals surface area (Å²) in [5.74, 6) is 1.32. The number of hydrogen-bond acceptors (Lipinski definition) is 4. The summed E-state index contributed by atoms with van der Waals surface area (Å²) in [6.07, 6.45) is 1.35. The second kappa shape index (κ2) is 7.33. The Kier molecular flexibility index (Phi) is 5.21. The molecule has 2 aromatic rings. The molecule has 0 saturated carbocycles. The number of nitrogens with zero attached hydrogens (tertiary/aromatic N) is 1. The molecule has 0 atom stereocenters. The van der Waals surface area contributed by atoms with Crippen molar-refractivity contribution in [1.29, 1.82) is 0 Å². The highest BCUT2D eigenvalue weighted by atomic mass is 16.5. The largest absolute Gasteiger partial charge is 0.490 e. The van der Waals surface area contributed by atoms with Crippen molar-refractivity contribution in [3.63, 3.8) is 0 Å². The molecule has 110 valence electrons. The van der Waals surface area contributed by atoms with Crippen LogP contribution in [0.15, 0.2) is 47.6 Å². The van der Waals surface area contributed by atoms with Crippen LogP contribution in [0, 0.1) is 6.92 Å². The Labute approximate surface area is 124 Å².